The van der Waals surface area contributed by atoms with Crippen molar-refractivity contribution < 1.29 is 26.3 Å². The van der Waals surface area contributed by atoms with E-state index in [-0.39, 0.29) is 23.6 Å². The fourth-order valence-corrected chi connectivity index (χ4v) is 3.29. The maximum Gasteiger partial charge on any atom is 0.416 e. The van der Waals surface area contributed by atoms with Crippen molar-refractivity contribution in [1.82, 2.24) is 4.90 Å². The van der Waals surface area contributed by atoms with E-state index in [1.807, 2.05) is 11.8 Å². The van der Waals surface area contributed by atoms with Gasteiger partial charge in [0, 0.05) is 18.6 Å². The molecule has 1 saturated heterocycles. The quantitative estimate of drug-likeness (QED) is 0.813. The van der Waals surface area contributed by atoms with Gasteiger partial charge in [0.25, 0.3) is 0 Å². The third-order valence-electron chi connectivity index (χ3n) is 4.63. The highest BCUT2D eigenvalue weighted by molar-refractivity contribution is 5.35. The Morgan fingerprint density at radius 1 is 1.08 bits per heavy atom. The summed E-state index contributed by atoms with van der Waals surface area (Å²) in [5.74, 6) is 0.204. The third kappa shape index (κ3) is 4.03. The third-order valence-corrected chi connectivity index (χ3v) is 4.63. The molecule has 136 valence electrons. The lowest BCUT2D eigenvalue weighted by Gasteiger charge is -2.30. The van der Waals surface area contributed by atoms with Crippen LogP contribution in [0.3, 0.4) is 0 Å². The zero-order valence-electron chi connectivity index (χ0n) is 13.4. The van der Waals surface area contributed by atoms with Crippen molar-refractivity contribution in [1.29, 1.82) is 0 Å². The van der Waals surface area contributed by atoms with Crippen molar-refractivity contribution in [2.45, 2.75) is 44.7 Å². The van der Waals surface area contributed by atoms with E-state index in [0.717, 1.165) is 18.6 Å². The van der Waals surface area contributed by atoms with Gasteiger partial charge in [-0.2, -0.15) is 26.3 Å². The summed E-state index contributed by atoms with van der Waals surface area (Å²) in [5, 5.41) is 0. The van der Waals surface area contributed by atoms with Crippen molar-refractivity contribution in [3.63, 3.8) is 0 Å². The number of hydrogen-bond donors (Lipinski definition) is 1. The summed E-state index contributed by atoms with van der Waals surface area (Å²) >= 11 is 0. The molecule has 2 nitrogen and oxygen atoms in total. The van der Waals surface area contributed by atoms with E-state index in [0.29, 0.717) is 13.1 Å². The molecule has 0 amide bonds. The summed E-state index contributed by atoms with van der Waals surface area (Å²) in [6.07, 6.45) is -8.87. The summed E-state index contributed by atoms with van der Waals surface area (Å²) in [5.41, 5.74) is 3.10. The minimum atomic E-state index is -4.83. The number of alkyl halides is 6. The van der Waals surface area contributed by atoms with Crippen LogP contribution in [0.2, 0.25) is 0 Å². The van der Waals surface area contributed by atoms with E-state index in [4.69, 9.17) is 5.73 Å². The number of hydrogen-bond acceptors (Lipinski definition) is 2. The molecular formula is C16H20F6N2. The summed E-state index contributed by atoms with van der Waals surface area (Å²) in [6.45, 7) is 4.55. The van der Waals surface area contributed by atoms with Gasteiger partial charge in [-0.1, -0.05) is 0 Å². The fraction of sp³-hybridized carbons (Fsp3) is 0.625. The van der Waals surface area contributed by atoms with E-state index in [2.05, 4.69) is 0 Å². The zero-order valence-corrected chi connectivity index (χ0v) is 13.4. The summed E-state index contributed by atoms with van der Waals surface area (Å²) in [4.78, 5) is 1.91. The van der Waals surface area contributed by atoms with Gasteiger partial charge in [-0.25, -0.2) is 0 Å². The first-order valence-corrected chi connectivity index (χ1v) is 7.68. The van der Waals surface area contributed by atoms with Crippen LogP contribution in [-0.4, -0.2) is 24.0 Å². The van der Waals surface area contributed by atoms with E-state index >= 15 is 0 Å². The Kier molecular flexibility index (Phi) is 5.20. The lowest BCUT2D eigenvalue weighted by molar-refractivity contribution is -0.143. The molecule has 24 heavy (non-hydrogen) atoms. The molecule has 1 aliphatic heterocycles. The molecule has 3 atom stereocenters. The van der Waals surface area contributed by atoms with E-state index < -0.39 is 29.5 Å². The van der Waals surface area contributed by atoms with Gasteiger partial charge in [-0.15, -0.1) is 0 Å². The van der Waals surface area contributed by atoms with Gasteiger partial charge in [0.2, 0.25) is 0 Å². The van der Waals surface area contributed by atoms with Gasteiger partial charge < -0.3 is 5.73 Å². The molecule has 1 aromatic carbocycles. The number of halogens is 6. The molecule has 1 heterocycles. The Hall–Kier alpha value is -1.28. The predicted octanol–water partition coefficient (Wildman–Crippen LogP) is 4.45. The summed E-state index contributed by atoms with van der Waals surface area (Å²) in [6, 6.07) is 1.27. The van der Waals surface area contributed by atoms with Crippen molar-refractivity contribution in [2.24, 2.45) is 11.7 Å². The Bertz CT molecular complexity index is 549. The molecule has 0 bridgehead atoms. The number of nitrogens with zero attached hydrogens (tertiary/aromatic N) is 1. The van der Waals surface area contributed by atoms with Crippen molar-refractivity contribution in [3.8, 4) is 0 Å². The predicted molar refractivity (Wildman–Crippen MR) is 78.2 cm³/mol. The largest absolute Gasteiger partial charge is 0.416 e. The van der Waals surface area contributed by atoms with Gasteiger partial charge >= 0.3 is 12.4 Å². The van der Waals surface area contributed by atoms with Crippen LogP contribution in [0.1, 0.15) is 43.0 Å². The van der Waals surface area contributed by atoms with Gasteiger partial charge in [0.05, 0.1) is 11.1 Å². The molecule has 0 aliphatic carbocycles. The SMILES string of the molecule is CC1CC(CN)CN1C(C)c1cc(C(F)(F)F)cc(C(F)(F)F)c1. The van der Waals surface area contributed by atoms with Crippen LogP contribution in [0.25, 0.3) is 0 Å². The number of rotatable bonds is 3. The molecule has 8 heteroatoms. The molecular weight excluding hydrogens is 334 g/mol. The van der Waals surface area contributed by atoms with Crippen LogP contribution in [0.15, 0.2) is 18.2 Å². The highest BCUT2D eigenvalue weighted by Crippen LogP contribution is 2.39. The van der Waals surface area contributed by atoms with Gasteiger partial charge in [-0.05, 0) is 56.5 Å². The lowest BCUT2D eigenvalue weighted by atomic mass is 9.99. The van der Waals surface area contributed by atoms with E-state index in [1.54, 1.807) is 6.92 Å². The smallest absolute Gasteiger partial charge is 0.330 e. The topological polar surface area (TPSA) is 29.3 Å². The molecule has 0 aromatic heterocycles. The van der Waals surface area contributed by atoms with Crippen LogP contribution in [0.5, 0.6) is 0 Å². The molecule has 2 rings (SSSR count). The second-order valence-corrected chi connectivity index (χ2v) is 6.40. The normalized spacial score (nSPS) is 24.4. The molecule has 0 radical (unpaired) electrons. The van der Waals surface area contributed by atoms with Crippen LogP contribution >= 0.6 is 0 Å². The zero-order chi connectivity index (χ0) is 18.3. The highest BCUT2D eigenvalue weighted by atomic mass is 19.4. The van der Waals surface area contributed by atoms with Crippen LogP contribution in [0, 0.1) is 5.92 Å². The second-order valence-electron chi connectivity index (χ2n) is 6.40. The fourth-order valence-electron chi connectivity index (χ4n) is 3.29. The minimum Gasteiger partial charge on any atom is -0.330 e. The van der Waals surface area contributed by atoms with Crippen LogP contribution < -0.4 is 5.73 Å². The first-order valence-electron chi connectivity index (χ1n) is 7.68. The Morgan fingerprint density at radius 2 is 1.58 bits per heavy atom. The van der Waals surface area contributed by atoms with Crippen LogP contribution in [-0.2, 0) is 12.4 Å². The number of nitrogens with two attached hydrogens (primary N) is 1. The number of benzene rings is 1. The second kappa shape index (κ2) is 6.55. The van der Waals surface area contributed by atoms with Gasteiger partial charge in [0.15, 0.2) is 0 Å². The maximum atomic E-state index is 13.0. The van der Waals surface area contributed by atoms with Crippen molar-refractivity contribution in [2.75, 3.05) is 13.1 Å². The standard InChI is InChI=1S/C16H20F6N2/c1-9-3-11(7-23)8-24(9)10(2)12-4-13(15(17,18)19)6-14(5-12)16(20,21)22/h4-6,9-11H,3,7-8,23H2,1-2H3. The molecule has 1 aliphatic rings. The minimum absolute atomic E-state index is 0.0154. The van der Waals surface area contributed by atoms with E-state index in [1.165, 1.54) is 0 Å². The first-order chi connectivity index (χ1) is 10.9. The Balaban J connectivity index is 2.42. The molecule has 1 aromatic rings. The Labute approximate surface area is 136 Å². The summed E-state index contributed by atoms with van der Waals surface area (Å²) < 4.78 is 77.8. The van der Waals surface area contributed by atoms with Crippen molar-refractivity contribution >= 4 is 0 Å². The van der Waals surface area contributed by atoms with Crippen LogP contribution in [0.4, 0.5) is 26.3 Å². The lowest BCUT2D eigenvalue weighted by Crippen LogP contribution is -2.31. The molecule has 0 saturated carbocycles. The number of likely N-dealkylation sites (tertiary alicyclic amines) is 1. The van der Waals surface area contributed by atoms with Gasteiger partial charge in [-0.3, -0.25) is 4.90 Å². The molecule has 1 fully saturated rings. The highest BCUT2D eigenvalue weighted by Gasteiger charge is 2.39. The molecule has 2 N–H and O–H groups in total. The van der Waals surface area contributed by atoms with Gasteiger partial charge in [0.1, 0.15) is 0 Å². The summed E-state index contributed by atoms with van der Waals surface area (Å²) in [7, 11) is 0. The average molecular weight is 354 g/mol. The van der Waals surface area contributed by atoms with E-state index in [9.17, 15) is 26.3 Å². The first kappa shape index (κ1) is 19.1. The maximum absolute atomic E-state index is 13.0. The molecule has 0 spiro atoms. The van der Waals surface area contributed by atoms with Crippen molar-refractivity contribution in [3.05, 3.63) is 34.9 Å². The monoisotopic (exact) mass is 354 g/mol. The molecule has 3 unspecified atom stereocenters. The average Bonchev–Trinajstić information content (AvgIpc) is 2.85. The Morgan fingerprint density at radius 3 is 1.96 bits per heavy atom.